The van der Waals surface area contributed by atoms with Crippen molar-refractivity contribution in [1.29, 1.82) is 0 Å². The largest absolute Gasteiger partial charge is 0.370 e. The Morgan fingerprint density at radius 3 is 2.58 bits per heavy atom. The second kappa shape index (κ2) is 9.85. The van der Waals surface area contributed by atoms with Crippen LogP contribution in [0.15, 0.2) is 72.1 Å². The highest BCUT2D eigenvalue weighted by Gasteiger charge is 2.31. The van der Waals surface area contributed by atoms with Crippen LogP contribution in [0.4, 0.5) is 4.39 Å². The van der Waals surface area contributed by atoms with Crippen molar-refractivity contribution in [3.05, 3.63) is 93.9 Å². The average Bonchev–Trinajstić information content (AvgIpc) is 3.35. The van der Waals surface area contributed by atoms with Crippen LogP contribution in [0, 0.1) is 5.82 Å². The van der Waals surface area contributed by atoms with Gasteiger partial charge in [-0.15, -0.1) is 11.3 Å². The van der Waals surface area contributed by atoms with Crippen molar-refractivity contribution in [1.82, 2.24) is 10.2 Å². The Balaban J connectivity index is 1.51. The summed E-state index contributed by atoms with van der Waals surface area (Å²) in [6, 6.07) is 18.6. The van der Waals surface area contributed by atoms with Crippen LogP contribution in [0.25, 0.3) is 0 Å². The SMILES string of the molecule is O=C(NC(Cc1ccccc1)C(=O)N1CCOC(c2ccc(F)cc2)C1)c1cccs1. The zero-order chi connectivity index (χ0) is 21.6. The van der Waals surface area contributed by atoms with Gasteiger partial charge < -0.3 is 15.0 Å². The van der Waals surface area contributed by atoms with Crippen molar-refractivity contribution in [3.63, 3.8) is 0 Å². The van der Waals surface area contributed by atoms with Gasteiger partial charge in [0.05, 0.1) is 18.0 Å². The number of carbonyl (C=O) groups excluding carboxylic acids is 2. The maximum Gasteiger partial charge on any atom is 0.262 e. The van der Waals surface area contributed by atoms with Crippen LogP contribution in [-0.4, -0.2) is 42.5 Å². The summed E-state index contributed by atoms with van der Waals surface area (Å²) >= 11 is 1.34. The highest BCUT2D eigenvalue weighted by atomic mass is 32.1. The molecule has 160 valence electrons. The smallest absolute Gasteiger partial charge is 0.262 e. The van der Waals surface area contributed by atoms with Gasteiger partial charge in [-0.2, -0.15) is 0 Å². The van der Waals surface area contributed by atoms with E-state index in [-0.39, 0.29) is 23.7 Å². The molecule has 0 aliphatic carbocycles. The number of nitrogens with one attached hydrogen (secondary N) is 1. The predicted molar refractivity (Wildman–Crippen MR) is 117 cm³/mol. The maximum atomic E-state index is 13.4. The van der Waals surface area contributed by atoms with Crippen LogP contribution >= 0.6 is 11.3 Å². The molecule has 5 nitrogen and oxygen atoms in total. The molecule has 1 aliphatic heterocycles. The quantitative estimate of drug-likeness (QED) is 0.636. The van der Waals surface area contributed by atoms with Crippen LogP contribution in [-0.2, 0) is 16.0 Å². The highest BCUT2D eigenvalue weighted by molar-refractivity contribution is 7.12. The van der Waals surface area contributed by atoms with Crippen LogP contribution in [0.3, 0.4) is 0 Å². The van der Waals surface area contributed by atoms with E-state index in [0.29, 0.717) is 31.0 Å². The number of hydrogen-bond donors (Lipinski definition) is 1. The van der Waals surface area contributed by atoms with Crippen LogP contribution in [0.1, 0.15) is 26.9 Å². The van der Waals surface area contributed by atoms with Crippen molar-refractivity contribution >= 4 is 23.2 Å². The first-order chi connectivity index (χ1) is 15.1. The average molecular weight is 439 g/mol. The molecule has 2 atom stereocenters. The van der Waals surface area contributed by atoms with Gasteiger partial charge in [-0.1, -0.05) is 48.5 Å². The van der Waals surface area contributed by atoms with Gasteiger partial charge in [0.15, 0.2) is 0 Å². The first-order valence-corrected chi connectivity index (χ1v) is 11.0. The fraction of sp³-hybridized carbons (Fsp3) is 0.250. The lowest BCUT2D eigenvalue weighted by Gasteiger charge is -2.35. The molecule has 1 aromatic heterocycles. The molecule has 7 heteroatoms. The number of hydrogen-bond acceptors (Lipinski definition) is 4. The fourth-order valence-corrected chi connectivity index (χ4v) is 4.26. The Bertz CT molecular complexity index is 1010. The molecule has 1 aliphatic rings. The lowest BCUT2D eigenvalue weighted by molar-refractivity contribution is -0.141. The monoisotopic (exact) mass is 438 g/mol. The van der Waals surface area contributed by atoms with E-state index in [2.05, 4.69) is 5.32 Å². The third kappa shape index (κ3) is 5.37. The van der Waals surface area contributed by atoms with Gasteiger partial charge >= 0.3 is 0 Å². The second-order valence-corrected chi connectivity index (χ2v) is 8.34. The Morgan fingerprint density at radius 1 is 1.10 bits per heavy atom. The van der Waals surface area contributed by atoms with Crippen molar-refractivity contribution in [2.75, 3.05) is 19.7 Å². The number of morpholine rings is 1. The van der Waals surface area contributed by atoms with E-state index >= 15 is 0 Å². The molecular formula is C24H23FN2O3S. The van der Waals surface area contributed by atoms with E-state index in [1.54, 1.807) is 23.1 Å². The van der Waals surface area contributed by atoms with E-state index in [9.17, 15) is 14.0 Å². The third-order valence-corrected chi connectivity index (χ3v) is 6.12. The van der Waals surface area contributed by atoms with Crippen molar-refractivity contribution in [2.24, 2.45) is 0 Å². The maximum absolute atomic E-state index is 13.4. The number of carbonyl (C=O) groups is 2. The highest BCUT2D eigenvalue weighted by Crippen LogP contribution is 2.23. The number of benzene rings is 2. The van der Waals surface area contributed by atoms with Gasteiger partial charge in [0.1, 0.15) is 18.0 Å². The lowest BCUT2D eigenvalue weighted by Crippen LogP contribution is -2.53. The molecule has 1 N–H and O–H groups in total. The zero-order valence-electron chi connectivity index (χ0n) is 16.9. The number of thiophene rings is 1. The minimum absolute atomic E-state index is 0.149. The van der Waals surface area contributed by atoms with E-state index < -0.39 is 6.04 Å². The number of ether oxygens (including phenoxy) is 1. The summed E-state index contributed by atoms with van der Waals surface area (Å²) in [7, 11) is 0. The van der Waals surface area contributed by atoms with Crippen molar-refractivity contribution < 1.29 is 18.7 Å². The Morgan fingerprint density at radius 2 is 1.87 bits per heavy atom. The minimum atomic E-state index is -0.691. The number of rotatable bonds is 6. The Hall–Kier alpha value is -3.03. The molecule has 2 unspecified atom stereocenters. The second-order valence-electron chi connectivity index (χ2n) is 7.39. The Labute approximate surface area is 184 Å². The molecule has 2 amide bonds. The molecule has 1 saturated heterocycles. The summed E-state index contributed by atoms with van der Waals surface area (Å²) in [5.74, 6) is -0.719. The van der Waals surface area contributed by atoms with E-state index in [1.165, 1.54) is 23.5 Å². The van der Waals surface area contributed by atoms with Gasteiger partial charge in [0.2, 0.25) is 5.91 Å². The number of nitrogens with zero attached hydrogens (tertiary/aromatic N) is 1. The minimum Gasteiger partial charge on any atom is -0.370 e. The molecule has 2 aromatic carbocycles. The lowest BCUT2D eigenvalue weighted by atomic mass is 10.0. The van der Waals surface area contributed by atoms with E-state index in [4.69, 9.17) is 4.74 Å². The van der Waals surface area contributed by atoms with Crippen LogP contribution in [0.2, 0.25) is 0 Å². The molecule has 1 fully saturated rings. The molecule has 31 heavy (non-hydrogen) atoms. The third-order valence-electron chi connectivity index (χ3n) is 5.25. The number of amides is 2. The molecular weight excluding hydrogens is 415 g/mol. The molecule has 4 rings (SSSR count). The van der Waals surface area contributed by atoms with Crippen molar-refractivity contribution in [2.45, 2.75) is 18.6 Å². The summed E-state index contributed by atoms with van der Waals surface area (Å²) in [6.45, 7) is 1.17. The summed E-state index contributed by atoms with van der Waals surface area (Å²) in [4.78, 5) is 28.4. The topological polar surface area (TPSA) is 58.6 Å². The van der Waals surface area contributed by atoms with E-state index in [1.807, 2.05) is 41.8 Å². The molecule has 0 radical (unpaired) electrons. The van der Waals surface area contributed by atoms with Gasteiger partial charge in [-0.05, 0) is 34.7 Å². The standard InChI is InChI=1S/C24H23FN2O3S/c25-19-10-8-18(9-11-19)21-16-27(12-13-30-21)24(29)20(15-17-5-2-1-3-6-17)26-23(28)22-7-4-14-31-22/h1-11,14,20-21H,12-13,15-16H2,(H,26,28). The first-order valence-electron chi connectivity index (χ1n) is 10.1. The van der Waals surface area contributed by atoms with E-state index in [0.717, 1.165) is 11.1 Å². The number of halogens is 1. The Kier molecular flexibility index (Phi) is 6.74. The first kappa shape index (κ1) is 21.2. The molecule has 0 bridgehead atoms. The van der Waals surface area contributed by atoms with Gasteiger partial charge in [0.25, 0.3) is 5.91 Å². The molecule has 3 aromatic rings. The summed E-state index contributed by atoms with van der Waals surface area (Å²) in [5, 5.41) is 4.75. The molecule has 0 spiro atoms. The zero-order valence-corrected chi connectivity index (χ0v) is 17.7. The van der Waals surface area contributed by atoms with Gasteiger partial charge in [-0.25, -0.2) is 4.39 Å². The summed E-state index contributed by atoms with van der Waals surface area (Å²) in [6.07, 6.45) is 0.0682. The van der Waals surface area contributed by atoms with Gasteiger partial charge in [-0.3, -0.25) is 9.59 Å². The normalized spacial score (nSPS) is 17.2. The summed E-state index contributed by atoms with van der Waals surface area (Å²) < 4.78 is 19.1. The fourth-order valence-electron chi connectivity index (χ4n) is 3.64. The summed E-state index contributed by atoms with van der Waals surface area (Å²) in [5.41, 5.74) is 1.79. The van der Waals surface area contributed by atoms with Crippen LogP contribution in [0.5, 0.6) is 0 Å². The van der Waals surface area contributed by atoms with Crippen molar-refractivity contribution in [3.8, 4) is 0 Å². The van der Waals surface area contributed by atoms with Gasteiger partial charge in [0, 0.05) is 13.0 Å². The predicted octanol–water partition coefficient (Wildman–Crippen LogP) is 3.83. The van der Waals surface area contributed by atoms with Crippen LogP contribution < -0.4 is 5.32 Å². The molecule has 2 heterocycles. The molecule has 0 saturated carbocycles.